The van der Waals surface area contributed by atoms with E-state index >= 15 is 0 Å². The monoisotopic (exact) mass is 238 g/mol. The average Bonchev–Trinajstić information content (AvgIpc) is 2.28. The van der Waals surface area contributed by atoms with Crippen LogP contribution in [-0.4, -0.2) is 17.8 Å². The van der Waals surface area contributed by atoms with Gasteiger partial charge in [0.15, 0.2) is 0 Å². The Morgan fingerprint density at radius 3 is 2.69 bits per heavy atom. The molecule has 16 heavy (non-hydrogen) atoms. The predicted octanol–water partition coefficient (Wildman–Crippen LogP) is 2.64. The third-order valence-electron chi connectivity index (χ3n) is 2.63. The van der Waals surface area contributed by atoms with E-state index in [9.17, 15) is 0 Å². The average molecular weight is 239 g/mol. The molecule has 0 spiro atoms. The molecule has 1 rings (SSSR count). The van der Waals surface area contributed by atoms with Crippen LogP contribution in [0.5, 0.6) is 0 Å². The van der Waals surface area contributed by atoms with Crippen LogP contribution in [0, 0.1) is 17.2 Å². The van der Waals surface area contributed by atoms with Crippen LogP contribution in [0.1, 0.15) is 19.4 Å². The molecule has 3 nitrogen and oxygen atoms in total. The lowest BCUT2D eigenvalue weighted by atomic mass is 10.0. The van der Waals surface area contributed by atoms with Crippen LogP contribution in [0.3, 0.4) is 0 Å². The Labute approximate surface area is 101 Å². The molecule has 0 bridgehead atoms. The number of anilines is 1. The number of halogens is 1. The first kappa shape index (κ1) is 12.8. The summed E-state index contributed by atoms with van der Waals surface area (Å²) in [4.78, 5) is 0. The fraction of sp³-hybridized carbons (Fsp3) is 0.417. The largest absolute Gasteiger partial charge is 0.396 e. The summed E-state index contributed by atoms with van der Waals surface area (Å²) in [5.41, 5.74) is 1.33. The van der Waals surface area contributed by atoms with Crippen molar-refractivity contribution in [1.29, 1.82) is 5.26 Å². The standard InChI is InChI=1S/C12H15ClN2O/c1-8(7-16)9(2)15-11-4-3-10(6-14)12(13)5-11/h3-5,8-9,15-16H,7H2,1-2H3. The molecule has 1 aromatic carbocycles. The van der Waals surface area contributed by atoms with E-state index in [-0.39, 0.29) is 18.6 Å². The van der Waals surface area contributed by atoms with Gasteiger partial charge in [0.2, 0.25) is 0 Å². The molecule has 0 aliphatic carbocycles. The van der Waals surface area contributed by atoms with Crippen molar-refractivity contribution in [3.05, 3.63) is 28.8 Å². The summed E-state index contributed by atoms with van der Waals surface area (Å²) in [6.45, 7) is 4.09. The van der Waals surface area contributed by atoms with Crippen LogP contribution in [0.4, 0.5) is 5.69 Å². The van der Waals surface area contributed by atoms with Crippen molar-refractivity contribution >= 4 is 17.3 Å². The zero-order chi connectivity index (χ0) is 12.1. The minimum atomic E-state index is 0.137. The van der Waals surface area contributed by atoms with Gasteiger partial charge in [0.1, 0.15) is 6.07 Å². The Balaban J connectivity index is 2.76. The van der Waals surface area contributed by atoms with Gasteiger partial charge >= 0.3 is 0 Å². The maximum Gasteiger partial charge on any atom is 0.101 e. The summed E-state index contributed by atoms with van der Waals surface area (Å²) in [5, 5.41) is 21.4. The number of nitrogens with zero attached hydrogens (tertiary/aromatic N) is 1. The Hall–Kier alpha value is -1.24. The SMILES string of the molecule is CC(CO)C(C)Nc1ccc(C#N)c(Cl)c1. The number of aliphatic hydroxyl groups is 1. The molecule has 1 aromatic rings. The normalized spacial score (nSPS) is 13.9. The predicted molar refractivity (Wildman–Crippen MR) is 65.5 cm³/mol. The van der Waals surface area contributed by atoms with Crippen LogP contribution in [-0.2, 0) is 0 Å². The number of benzene rings is 1. The highest BCUT2D eigenvalue weighted by Crippen LogP contribution is 2.21. The highest BCUT2D eigenvalue weighted by Gasteiger charge is 2.11. The Kier molecular flexibility index (Phi) is 4.60. The Morgan fingerprint density at radius 2 is 2.19 bits per heavy atom. The van der Waals surface area contributed by atoms with E-state index in [1.54, 1.807) is 12.1 Å². The van der Waals surface area contributed by atoms with Crippen molar-refractivity contribution in [1.82, 2.24) is 0 Å². The highest BCUT2D eigenvalue weighted by molar-refractivity contribution is 6.32. The molecule has 0 aliphatic rings. The van der Waals surface area contributed by atoms with E-state index in [4.69, 9.17) is 22.0 Å². The van der Waals surface area contributed by atoms with Gasteiger partial charge in [0.25, 0.3) is 0 Å². The van der Waals surface area contributed by atoms with Crippen molar-refractivity contribution in [2.24, 2.45) is 5.92 Å². The minimum absolute atomic E-state index is 0.137. The maximum atomic E-state index is 9.01. The summed E-state index contributed by atoms with van der Waals surface area (Å²) < 4.78 is 0. The quantitative estimate of drug-likeness (QED) is 0.848. The molecule has 0 amide bonds. The van der Waals surface area contributed by atoms with Gasteiger partial charge in [-0.1, -0.05) is 18.5 Å². The second kappa shape index (κ2) is 5.74. The van der Waals surface area contributed by atoms with Gasteiger partial charge in [-0.05, 0) is 31.0 Å². The molecular weight excluding hydrogens is 224 g/mol. The molecule has 0 aliphatic heterocycles. The first-order valence-electron chi connectivity index (χ1n) is 5.15. The fourth-order valence-electron chi connectivity index (χ4n) is 1.26. The van der Waals surface area contributed by atoms with E-state index in [1.165, 1.54) is 0 Å². The molecule has 2 atom stereocenters. The van der Waals surface area contributed by atoms with E-state index in [1.807, 2.05) is 26.0 Å². The number of nitriles is 1. The Bertz CT molecular complexity index is 400. The van der Waals surface area contributed by atoms with Crippen LogP contribution in [0.25, 0.3) is 0 Å². The first-order valence-corrected chi connectivity index (χ1v) is 5.53. The van der Waals surface area contributed by atoms with Crippen molar-refractivity contribution in [3.8, 4) is 6.07 Å². The van der Waals surface area contributed by atoms with Gasteiger partial charge < -0.3 is 10.4 Å². The second-order valence-electron chi connectivity index (χ2n) is 3.90. The lowest BCUT2D eigenvalue weighted by Gasteiger charge is -2.20. The first-order chi connectivity index (χ1) is 7.58. The Morgan fingerprint density at radius 1 is 1.50 bits per heavy atom. The summed E-state index contributed by atoms with van der Waals surface area (Å²) in [6, 6.07) is 7.37. The summed E-state index contributed by atoms with van der Waals surface area (Å²) >= 11 is 5.91. The summed E-state index contributed by atoms with van der Waals surface area (Å²) in [7, 11) is 0. The molecular formula is C12H15ClN2O. The molecule has 0 fully saturated rings. The fourth-order valence-corrected chi connectivity index (χ4v) is 1.48. The highest BCUT2D eigenvalue weighted by atomic mass is 35.5. The summed E-state index contributed by atoms with van der Waals surface area (Å²) in [6.07, 6.45) is 0. The van der Waals surface area contributed by atoms with Gasteiger partial charge in [0.05, 0.1) is 10.6 Å². The molecule has 0 saturated carbocycles. The second-order valence-corrected chi connectivity index (χ2v) is 4.31. The number of aliphatic hydroxyl groups excluding tert-OH is 1. The smallest absolute Gasteiger partial charge is 0.101 e. The minimum Gasteiger partial charge on any atom is -0.396 e. The van der Waals surface area contributed by atoms with E-state index < -0.39 is 0 Å². The lowest BCUT2D eigenvalue weighted by Crippen LogP contribution is -2.26. The topological polar surface area (TPSA) is 56.0 Å². The molecule has 0 radical (unpaired) electrons. The third-order valence-corrected chi connectivity index (χ3v) is 2.94. The van der Waals surface area contributed by atoms with Gasteiger partial charge in [-0.2, -0.15) is 5.26 Å². The summed E-state index contributed by atoms with van der Waals surface area (Å²) in [5.74, 6) is 0.161. The van der Waals surface area contributed by atoms with Crippen molar-refractivity contribution in [2.45, 2.75) is 19.9 Å². The zero-order valence-electron chi connectivity index (χ0n) is 9.37. The molecule has 0 saturated heterocycles. The maximum absolute atomic E-state index is 9.01. The van der Waals surface area contributed by atoms with Crippen LogP contribution < -0.4 is 5.32 Å². The van der Waals surface area contributed by atoms with Gasteiger partial charge in [-0.25, -0.2) is 0 Å². The van der Waals surface area contributed by atoms with Crippen molar-refractivity contribution in [3.63, 3.8) is 0 Å². The number of rotatable bonds is 4. The van der Waals surface area contributed by atoms with Crippen molar-refractivity contribution in [2.75, 3.05) is 11.9 Å². The van der Waals surface area contributed by atoms with Crippen LogP contribution in [0.2, 0.25) is 5.02 Å². The molecule has 2 unspecified atom stereocenters. The number of nitrogens with one attached hydrogen (secondary N) is 1. The molecule has 2 N–H and O–H groups in total. The van der Waals surface area contributed by atoms with E-state index in [2.05, 4.69) is 5.32 Å². The van der Waals surface area contributed by atoms with E-state index in [0.717, 1.165) is 5.69 Å². The van der Waals surface area contributed by atoms with Gasteiger partial charge in [-0.3, -0.25) is 0 Å². The zero-order valence-corrected chi connectivity index (χ0v) is 10.1. The molecule has 86 valence electrons. The van der Waals surface area contributed by atoms with Crippen LogP contribution >= 0.6 is 11.6 Å². The van der Waals surface area contributed by atoms with Gasteiger partial charge in [0, 0.05) is 18.3 Å². The number of hydrogen-bond donors (Lipinski definition) is 2. The van der Waals surface area contributed by atoms with Crippen molar-refractivity contribution < 1.29 is 5.11 Å². The molecule has 0 heterocycles. The van der Waals surface area contributed by atoms with Crippen LogP contribution in [0.15, 0.2) is 18.2 Å². The lowest BCUT2D eigenvalue weighted by molar-refractivity contribution is 0.226. The van der Waals surface area contributed by atoms with E-state index in [0.29, 0.717) is 10.6 Å². The van der Waals surface area contributed by atoms with Gasteiger partial charge in [-0.15, -0.1) is 0 Å². The molecule has 4 heteroatoms. The third kappa shape index (κ3) is 3.13. The number of hydrogen-bond acceptors (Lipinski definition) is 3. The molecule has 0 aromatic heterocycles.